The van der Waals surface area contributed by atoms with E-state index < -0.39 is 37.1 Å². The molecule has 1 atom stereocenters. The standard InChI is InChI=1S/C33H49BO3Si3.C4H12N/c1-11-12-13-32(26-14-20-29(21-15-26)38(2,3)4)33(37-34(35)36,27-16-22-30(23-17-27)39(5,6)7)28-18-24-31(25-19-28)40(8,9)10;1-5(2,3)4/h14-25,32H,11-13H2,1-10H3;1-4H3/q-2;+1. The lowest BCUT2D eigenvalue weighted by Crippen LogP contribution is -2.55. The number of rotatable bonds is 12. The van der Waals surface area contributed by atoms with Gasteiger partial charge in [-0.15, -0.1) is 0 Å². The first kappa shape index (κ1) is 39.4. The highest BCUT2D eigenvalue weighted by atomic mass is 28.3. The summed E-state index contributed by atoms with van der Waals surface area (Å²) < 4.78 is 7.19. The second kappa shape index (κ2) is 15.4. The summed E-state index contributed by atoms with van der Waals surface area (Å²) in [5.41, 5.74) is 1.67. The van der Waals surface area contributed by atoms with Gasteiger partial charge in [-0.1, -0.05) is 167 Å². The third-order valence-corrected chi connectivity index (χ3v) is 14.4. The molecule has 3 aromatic carbocycles. The molecule has 0 N–H and O–H groups in total. The highest BCUT2D eigenvalue weighted by Gasteiger charge is 2.43. The van der Waals surface area contributed by atoms with E-state index in [-0.39, 0.29) is 5.92 Å². The van der Waals surface area contributed by atoms with Crippen LogP contribution in [0.1, 0.15) is 48.8 Å². The van der Waals surface area contributed by atoms with Crippen LogP contribution >= 0.6 is 0 Å². The van der Waals surface area contributed by atoms with E-state index in [0.29, 0.717) is 0 Å². The van der Waals surface area contributed by atoms with Gasteiger partial charge in [-0.3, -0.25) is 0 Å². The molecule has 8 heteroatoms. The molecule has 1 unspecified atom stereocenters. The monoisotopic (exact) mass is 662 g/mol. The van der Waals surface area contributed by atoms with Crippen molar-refractivity contribution in [2.75, 3.05) is 28.2 Å². The maximum absolute atomic E-state index is 12.6. The first-order valence-electron chi connectivity index (χ1n) is 16.6. The molecule has 4 nitrogen and oxygen atoms in total. The molecule has 0 heterocycles. The number of unbranched alkanes of at least 4 members (excludes halogenated alkanes) is 1. The van der Waals surface area contributed by atoms with Crippen molar-refractivity contribution in [1.82, 2.24) is 0 Å². The average molecular weight is 663 g/mol. The maximum Gasteiger partial charge on any atom is 0.106 e. The first-order valence-corrected chi connectivity index (χ1v) is 27.1. The largest absolute Gasteiger partial charge is 0.871 e. The highest BCUT2D eigenvalue weighted by Crippen LogP contribution is 2.48. The molecule has 0 aliphatic heterocycles. The van der Waals surface area contributed by atoms with E-state index in [9.17, 15) is 10.0 Å². The molecule has 0 spiro atoms. The Balaban J connectivity index is 0.00000130. The molecular weight excluding hydrogens is 601 g/mol. The van der Waals surface area contributed by atoms with Gasteiger partial charge in [0.05, 0.1) is 59.7 Å². The fraction of sp³-hybridized carbons (Fsp3) is 0.514. The van der Waals surface area contributed by atoms with Crippen molar-refractivity contribution < 1.29 is 19.2 Å². The van der Waals surface area contributed by atoms with Crippen LogP contribution in [0.4, 0.5) is 0 Å². The Hall–Kier alpha value is -1.78. The SMILES string of the molecule is CCCCC(c1ccc([Si](C)(C)C)cc1)C(OB([O-])[O-])(c1ccc([Si](C)(C)C)cc1)c1ccc([Si](C)(C)C)cc1.C[N+](C)(C)C. The molecule has 3 aromatic rings. The molecule has 0 bridgehead atoms. The minimum absolute atomic E-state index is 0.191. The Kier molecular flexibility index (Phi) is 13.5. The molecule has 0 saturated heterocycles. The van der Waals surface area contributed by atoms with E-state index in [0.717, 1.165) is 40.4 Å². The summed E-state index contributed by atoms with van der Waals surface area (Å²) in [6.07, 6.45) is 2.79. The van der Waals surface area contributed by atoms with Crippen LogP contribution < -0.4 is 25.6 Å². The van der Waals surface area contributed by atoms with Crippen LogP contribution in [0.5, 0.6) is 0 Å². The maximum atomic E-state index is 12.6. The van der Waals surface area contributed by atoms with Gasteiger partial charge >= 0.3 is 0 Å². The van der Waals surface area contributed by atoms with E-state index in [2.05, 4.69) is 167 Å². The Bertz CT molecular complexity index is 1250. The van der Waals surface area contributed by atoms with Crippen molar-refractivity contribution in [1.29, 1.82) is 0 Å². The lowest BCUT2D eigenvalue weighted by atomic mass is 9.70. The average Bonchev–Trinajstić information content (AvgIpc) is 2.90. The van der Waals surface area contributed by atoms with Gasteiger partial charge in [0.1, 0.15) is 5.60 Å². The molecule has 45 heavy (non-hydrogen) atoms. The van der Waals surface area contributed by atoms with Crippen molar-refractivity contribution in [2.45, 2.75) is 96.6 Å². The number of quaternary nitrogens is 1. The number of benzene rings is 3. The number of hydrogen-bond donors (Lipinski definition) is 0. The Morgan fingerprint density at radius 3 is 1.20 bits per heavy atom. The third kappa shape index (κ3) is 11.5. The molecule has 0 aliphatic carbocycles. The predicted octanol–water partition coefficient (Wildman–Crippen LogP) is 5.58. The Morgan fingerprint density at radius 1 is 0.622 bits per heavy atom. The summed E-state index contributed by atoms with van der Waals surface area (Å²) in [4.78, 5) is 0. The van der Waals surface area contributed by atoms with Gasteiger partial charge in [0.25, 0.3) is 0 Å². The molecule has 0 fully saturated rings. The minimum atomic E-state index is -2.42. The van der Waals surface area contributed by atoms with Crippen molar-refractivity contribution in [2.24, 2.45) is 0 Å². The van der Waals surface area contributed by atoms with Crippen molar-refractivity contribution in [3.8, 4) is 0 Å². The Labute approximate surface area is 279 Å². The fourth-order valence-electron chi connectivity index (χ4n) is 5.60. The summed E-state index contributed by atoms with van der Waals surface area (Å²) in [5.74, 6) is -0.191. The zero-order chi connectivity index (χ0) is 34.4. The van der Waals surface area contributed by atoms with Gasteiger partial charge in [-0.2, -0.15) is 0 Å². The molecule has 0 saturated carbocycles. The van der Waals surface area contributed by atoms with Crippen LogP contribution in [-0.2, 0) is 10.3 Å². The van der Waals surface area contributed by atoms with E-state index in [1.807, 2.05) is 0 Å². The van der Waals surface area contributed by atoms with E-state index in [4.69, 9.17) is 4.65 Å². The molecule has 3 rings (SSSR count). The van der Waals surface area contributed by atoms with Crippen molar-refractivity contribution in [3.63, 3.8) is 0 Å². The van der Waals surface area contributed by atoms with Crippen LogP contribution in [0.2, 0.25) is 58.9 Å². The molecule has 0 aliphatic rings. The van der Waals surface area contributed by atoms with Crippen LogP contribution in [-0.4, -0.2) is 64.2 Å². The predicted molar refractivity (Wildman–Crippen MR) is 202 cm³/mol. The minimum Gasteiger partial charge on any atom is -0.871 e. The van der Waals surface area contributed by atoms with Crippen molar-refractivity contribution >= 4 is 47.1 Å². The van der Waals surface area contributed by atoms with E-state index >= 15 is 0 Å². The topological polar surface area (TPSA) is 55.3 Å². The van der Waals surface area contributed by atoms with Gasteiger partial charge in [0, 0.05) is 5.92 Å². The first-order chi connectivity index (χ1) is 20.5. The van der Waals surface area contributed by atoms with Gasteiger partial charge in [0.15, 0.2) is 0 Å². The lowest BCUT2D eigenvalue weighted by molar-refractivity contribution is -0.849. The van der Waals surface area contributed by atoms with Gasteiger partial charge in [0.2, 0.25) is 0 Å². The molecule has 0 aromatic heterocycles. The van der Waals surface area contributed by atoms with Crippen molar-refractivity contribution in [3.05, 3.63) is 89.5 Å². The second-order valence-electron chi connectivity index (χ2n) is 17.0. The van der Waals surface area contributed by atoms with Gasteiger partial charge in [-0.25, -0.2) is 0 Å². The van der Waals surface area contributed by atoms with Crippen LogP contribution in [0.3, 0.4) is 0 Å². The zero-order valence-electron chi connectivity index (χ0n) is 30.9. The number of hydrogen-bond acceptors (Lipinski definition) is 3. The number of nitrogens with zero attached hydrogens (tertiary/aromatic N) is 1. The summed E-state index contributed by atoms with van der Waals surface area (Å²) in [6.45, 7) is 23.2. The molecule has 0 amide bonds. The van der Waals surface area contributed by atoms with E-state index in [1.54, 1.807) is 0 Å². The summed E-state index contributed by atoms with van der Waals surface area (Å²) in [7, 11) is 1.50. The smallest absolute Gasteiger partial charge is 0.106 e. The zero-order valence-corrected chi connectivity index (χ0v) is 33.9. The van der Waals surface area contributed by atoms with Crippen LogP contribution in [0, 0.1) is 0 Å². The molecule has 248 valence electrons. The summed E-state index contributed by atoms with van der Waals surface area (Å²) >= 11 is 0. The lowest BCUT2D eigenvalue weighted by Gasteiger charge is -2.49. The quantitative estimate of drug-likeness (QED) is 0.188. The molecule has 0 radical (unpaired) electrons. The third-order valence-electron chi connectivity index (χ3n) is 8.16. The second-order valence-corrected chi connectivity index (χ2v) is 32.3. The van der Waals surface area contributed by atoms with Gasteiger partial charge in [-0.05, 0) is 23.1 Å². The summed E-state index contributed by atoms with van der Waals surface area (Å²) in [5, 5.41) is 29.2. The van der Waals surface area contributed by atoms with Crippen LogP contribution in [0.25, 0.3) is 0 Å². The Morgan fingerprint density at radius 2 is 0.933 bits per heavy atom. The summed E-state index contributed by atoms with van der Waals surface area (Å²) in [6, 6.07) is 26.1. The normalized spacial score (nSPS) is 13.6. The highest BCUT2D eigenvalue weighted by molar-refractivity contribution is 6.89. The molecular formula is C37H61BNO3Si3-. The van der Waals surface area contributed by atoms with Gasteiger partial charge < -0.3 is 19.2 Å². The fourth-order valence-corrected chi connectivity index (χ4v) is 9.10. The van der Waals surface area contributed by atoms with Crippen LogP contribution in [0.15, 0.2) is 72.8 Å². The van der Waals surface area contributed by atoms with E-state index in [1.165, 1.54) is 15.6 Å².